The molecule has 2 amide bonds. The lowest BCUT2D eigenvalue weighted by atomic mass is 10.2. The van der Waals surface area contributed by atoms with Crippen LogP contribution in [0.3, 0.4) is 0 Å². The van der Waals surface area contributed by atoms with E-state index in [-0.39, 0.29) is 34.4 Å². The summed E-state index contributed by atoms with van der Waals surface area (Å²) in [4.78, 5) is 45.4. The van der Waals surface area contributed by atoms with Crippen LogP contribution in [0.1, 0.15) is 16.8 Å². The van der Waals surface area contributed by atoms with Crippen LogP contribution in [-0.2, 0) is 14.3 Å². The van der Waals surface area contributed by atoms with Crippen LogP contribution in [0.15, 0.2) is 40.9 Å². The van der Waals surface area contributed by atoms with Gasteiger partial charge in [-0.3, -0.25) is 24.5 Å². The van der Waals surface area contributed by atoms with Gasteiger partial charge in [0.05, 0.1) is 22.6 Å². The monoisotopic (exact) mass is 485 g/mol. The molecule has 0 aliphatic carbocycles. The minimum absolute atomic E-state index is 0.172. The second kappa shape index (κ2) is 10.4. The van der Waals surface area contributed by atoms with Gasteiger partial charge in [0.1, 0.15) is 11.6 Å². The Balaban J connectivity index is 1.74. The van der Waals surface area contributed by atoms with Gasteiger partial charge in [-0.2, -0.15) is 0 Å². The normalized spacial score (nSPS) is 10.2. The molecule has 2 N–H and O–H groups in total. The highest BCUT2D eigenvalue weighted by molar-refractivity contribution is 9.10. The van der Waals surface area contributed by atoms with Gasteiger partial charge in [0.15, 0.2) is 6.61 Å². The van der Waals surface area contributed by atoms with Crippen molar-refractivity contribution in [1.29, 1.82) is 0 Å². The zero-order valence-corrected chi connectivity index (χ0v) is 16.7. The van der Waals surface area contributed by atoms with Gasteiger partial charge in [-0.05, 0) is 34.1 Å². The Morgan fingerprint density at radius 1 is 1.13 bits per heavy atom. The van der Waals surface area contributed by atoms with Crippen molar-refractivity contribution in [3.05, 3.63) is 68.2 Å². The van der Waals surface area contributed by atoms with Crippen molar-refractivity contribution in [1.82, 2.24) is 5.32 Å². The van der Waals surface area contributed by atoms with Gasteiger partial charge in [-0.15, -0.1) is 0 Å². The van der Waals surface area contributed by atoms with E-state index in [4.69, 9.17) is 4.74 Å². The lowest BCUT2D eigenvalue weighted by molar-refractivity contribution is -0.384. The Hall–Kier alpha value is -3.41. The molecule has 0 unspecified atom stereocenters. The van der Waals surface area contributed by atoms with Crippen molar-refractivity contribution in [2.45, 2.75) is 6.42 Å². The van der Waals surface area contributed by atoms with E-state index < -0.39 is 40.9 Å². The van der Waals surface area contributed by atoms with Gasteiger partial charge in [-0.1, -0.05) is 0 Å². The Morgan fingerprint density at radius 3 is 2.50 bits per heavy atom. The molecule has 2 rings (SSSR count). The molecular weight excluding hydrogens is 472 g/mol. The predicted octanol–water partition coefficient (Wildman–Crippen LogP) is 2.94. The molecule has 0 spiro atoms. The molecule has 0 aliphatic rings. The number of halogens is 3. The predicted molar refractivity (Wildman–Crippen MR) is 104 cm³/mol. The van der Waals surface area contributed by atoms with Crippen LogP contribution >= 0.6 is 15.9 Å². The number of anilines is 1. The Labute approximate surface area is 176 Å². The summed E-state index contributed by atoms with van der Waals surface area (Å²) >= 11 is 3.09. The number of nitro benzene ring substituents is 1. The van der Waals surface area contributed by atoms with E-state index in [0.29, 0.717) is 6.07 Å². The quantitative estimate of drug-likeness (QED) is 0.336. The minimum Gasteiger partial charge on any atom is -0.456 e. The maximum atomic E-state index is 13.5. The molecule has 0 fully saturated rings. The molecule has 0 radical (unpaired) electrons. The molecule has 0 bridgehead atoms. The number of hydrogen-bond donors (Lipinski definition) is 2. The van der Waals surface area contributed by atoms with Crippen LogP contribution in [0.5, 0.6) is 0 Å². The Kier molecular flexibility index (Phi) is 7.92. The lowest BCUT2D eigenvalue weighted by Gasteiger charge is -2.09. The summed E-state index contributed by atoms with van der Waals surface area (Å²) in [5.74, 6) is -4.18. The summed E-state index contributed by atoms with van der Waals surface area (Å²) in [5, 5.41) is 15.4. The molecular formula is C18H14BrF2N3O6. The van der Waals surface area contributed by atoms with Gasteiger partial charge < -0.3 is 15.4 Å². The third-order valence-corrected chi connectivity index (χ3v) is 4.25. The number of hydrogen-bond acceptors (Lipinski definition) is 6. The Bertz CT molecular complexity index is 1000. The third-order valence-electron chi connectivity index (χ3n) is 3.59. The molecule has 2 aromatic carbocycles. The number of rotatable bonds is 8. The minimum atomic E-state index is -1.04. The molecule has 9 nitrogen and oxygen atoms in total. The van der Waals surface area contributed by atoms with E-state index in [2.05, 4.69) is 26.6 Å². The number of non-ortho nitro benzene ring substituents is 1. The van der Waals surface area contributed by atoms with E-state index in [1.165, 1.54) is 18.2 Å². The zero-order valence-electron chi connectivity index (χ0n) is 15.1. The number of nitro groups is 1. The second-order valence-corrected chi connectivity index (χ2v) is 6.61. The lowest BCUT2D eigenvalue weighted by Crippen LogP contribution is -2.28. The number of esters is 1. The van der Waals surface area contributed by atoms with E-state index in [1.807, 2.05) is 0 Å². The fourth-order valence-electron chi connectivity index (χ4n) is 2.17. The molecule has 0 heterocycles. The van der Waals surface area contributed by atoms with Gasteiger partial charge >= 0.3 is 5.97 Å². The van der Waals surface area contributed by atoms with Crippen molar-refractivity contribution in [3.63, 3.8) is 0 Å². The number of amides is 2. The second-order valence-electron chi connectivity index (χ2n) is 5.76. The van der Waals surface area contributed by atoms with Crippen LogP contribution in [0, 0.1) is 21.7 Å². The smallest absolute Gasteiger partial charge is 0.308 e. The van der Waals surface area contributed by atoms with E-state index >= 15 is 0 Å². The highest BCUT2D eigenvalue weighted by Gasteiger charge is 2.15. The first-order valence-electron chi connectivity index (χ1n) is 8.30. The molecule has 0 saturated carbocycles. The highest BCUT2D eigenvalue weighted by Crippen LogP contribution is 2.27. The average Bonchev–Trinajstić information content (AvgIpc) is 2.67. The number of benzene rings is 2. The molecule has 0 saturated heterocycles. The first kappa shape index (κ1) is 22.9. The van der Waals surface area contributed by atoms with Crippen LogP contribution in [0.25, 0.3) is 0 Å². The zero-order chi connectivity index (χ0) is 22.3. The number of nitrogens with zero attached hydrogens (tertiary/aromatic N) is 1. The van der Waals surface area contributed by atoms with Gasteiger partial charge in [-0.25, -0.2) is 8.78 Å². The van der Waals surface area contributed by atoms with Gasteiger partial charge in [0.2, 0.25) is 0 Å². The fourth-order valence-corrected chi connectivity index (χ4v) is 2.64. The first-order chi connectivity index (χ1) is 14.2. The summed E-state index contributed by atoms with van der Waals surface area (Å²) in [6, 6.07) is 6.16. The molecule has 0 atom stereocenters. The van der Waals surface area contributed by atoms with Crippen molar-refractivity contribution in [2.24, 2.45) is 0 Å². The molecule has 30 heavy (non-hydrogen) atoms. The highest BCUT2D eigenvalue weighted by atomic mass is 79.9. The first-order valence-corrected chi connectivity index (χ1v) is 9.09. The molecule has 12 heteroatoms. The fraction of sp³-hybridized carbons (Fsp3) is 0.167. The molecule has 2 aromatic rings. The van der Waals surface area contributed by atoms with Crippen LogP contribution in [-0.4, -0.2) is 35.9 Å². The SMILES string of the molecule is O=C(COC(=O)CCNC(=O)c1ccc(F)cc1F)Nc1ccc([N+](=O)[O-])cc1Br. The topological polar surface area (TPSA) is 128 Å². The van der Waals surface area contributed by atoms with E-state index in [0.717, 1.165) is 12.1 Å². The van der Waals surface area contributed by atoms with Gasteiger partial charge in [0, 0.05) is 29.2 Å². The third kappa shape index (κ3) is 6.58. The van der Waals surface area contributed by atoms with E-state index in [9.17, 15) is 33.3 Å². The summed E-state index contributed by atoms with van der Waals surface area (Å²) in [5.41, 5.74) is -0.304. The van der Waals surface area contributed by atoms with Crippen LogP contribution in [0.2, 0.25) is 0 Å². The van der Waals surface area contributed by atoms with Crippen molar-refractivity contribution in [2.75, 3.05) is 18.5 Å². The number of ether oxygens (including phenoxy) is 1. The van der Waals surface area contributed by atoms with E-state index in [1.54, 1.807) is 0 Å². The van der Waals surface area contributed by atoms with Crippen LogP contribution in [0.4, 0.5) is 20.2 Å². The van der Waals surface area contributed by atoms with Crippen molar-refractivity contribution >= 4 is 45.1 Å². The number of carbonyl (C=O) groups excluding carboxylic acids is 3. The maximum absolute atomic E-state index is 13.5. The number of carbonyl (C=O) groups is 3. The van der Waals surface area contributed by atoms with Crippen molar-refractivity contribution in [3.8, 4) is 0 Å². The standard InChI is InChI=1S/C18H14BrF2N3O6/c19-13-8-11(24(28)29)2-4-15(13)23-16(25)9-30-17(26)5-6-22-18(27)12-3-1-10(20)7-14(12)21/h1-4,7-8H,5-6,9H2,(H,22,27)(H,23,25). The largest absolute Gasteiger partial charge is 0.456 e. The number of nitrogens with one attached hydrogen (secondary N) is 2. The average molecular weight is 486 g/mol. The summed E-state index contributed by atoms with van der Waals surface area (Å²) in [6.07, 6.45) is -0.289. The van der Waals surface area contributed by atoms with Crippen molar-refractivity contribution < 1.29 is 32.8 Å². The Morgan fingerprint density at radius 2 is 1.87 bits per heavy atom. The summed E-state index contributed by atoms with van der Waals surface area (Å²) in [7, 11) is 0. The maximum Gasteiger partial charge on any atom is 0.308 e. The molecule has 0 aromatic heterocycles. The molecule has 158 valence electrons. The van der Waals surface area contributed by atoms with Crippen LogP contribution < -0.4 is 10.6 Å². The summed E-state index contributed by atoms with van der Waals surface area (Å²) < 4.78 is 31.4. The van der Waals surface area contributed by atoms with Gasteiger partial charge in [0.25, 0.3) is 17.5 Å². The summed E-state index contributed by atoms with van der Waals surface area (Å²) in [6.45, 7) is -0.813. The molecule has 0 aliphatic heterocycles.